The zero-order chi connectivity index (χ0) is 29.3. The Kier molecular flexibility index (Phi) is 8.79. The number of carbonyl (C=O) groups is 1. The molecule has 0 aliphatic carbocycles. The highest BCUT2D eigenvalue weighted by Gasteiger charge is 2.46. The van der Waals surface area contributed by atoms with E-state index in [0.717, 1.165) is 54.0 Å². The van der Waals surface area contributed by atoms with Gasteiger partial charge in [-0.25, -0.2) is 4.79 Å². The Morgan fingerprint density at radius 2 is 1.93 bits per heavy atom. The minimum Gasteiger partial charge on any atom is -0.479 e. The van der Waals surface area contributed by atoms with Crippen molar-refractivity contribution >= 4 is 29.5 Å². The number of aliphatic carboxylic acids is 1. The molecule has 2 aliphatic rings. The van der Waals surface area contributed by atoms with Crippen LogP contribution in [0.15, 0.2) is 47.6 Å². The predicted molar refractivity (Wildman–Crippen MR) is 161 cm³/mol. The third-order valence-corrected chi connectivity index (χ3v) is 8.08. The molecule has 0 bridgehead atoms. The molecule has 0 saturated carbocycles. The average molecular weight is 568 g/mol. The molecule has 3 atom stereocenters. The van der Waals surface area contributed by atoms with Crippen LogP contribution in [0.3, 0.4) is 0 Å². The predicted octanol–water partition coefficient (Wildman–Crippen LogP) is 6.88. The number of dihydropyridines is 1. The van der Waals surface area contributed by atoms with Crippen molar-refractivity contribution < 1.29 is 19.4 Å². The van der Waals surface area contributed by atoms with Gasteiger partial charge in [0.25, 0.3) is 0 Å². The summed E-state index contributed by atoms with van der Waals surface area (Å²) in [4.78, 5) is 24.5. The van der Waals surface area contributed by atoms with Crippen molar-refractivity contribution in [3.8, 4) is 0 Å². The van der Waals surface area contributed by atoms with E-state index in [4.69, 9.17) is 26.1 Å². The van der Waals surface area contributed by atoms with Gasteiger partial charge in [0.15, 0.2) is 11.7 Å². The van der Waals surface area contributed by atoms with Crippen LogP contribution in [0.4, 0.5) is 5.69 Å². The normalized spacial score (nSPS) is 23.3. The van der Waals surface area contributed by atoms with Gasteiger partial charge in [-0.1, -0.05) is 43.7 Å². The quantitative estimate of drug-likeness (QED) is 0.350. The van der Waals surface area contributed by atoms with Crippen molar-refractivity contribution in [1.82, 2.24) is 4.98 Å². The second-order valence-electron chi connectivity index (χ2n) is 12.7. The molecule has 3 heterocycles. The van der Waals surface area contributed by atoms with Crippen LogP contribution >= 0.6 is 11.6 Å². The Bertz CT molecular complexity index is 1250. The molecule has 2 unspecified atom stereocenters. The van der Waals surface area contributed by atoms with E-state index in [1.807, 2.05) is 59.0 Å². The van der Waals surface area contributed by atoms with Gasteiger partial charge in [0.1, 0.15) is 0 Å². The van der Waals surface area contributed by atoms with Gasteiger partial charge in [-0.05, 0) is 82.2 Å². The van der Waals surface area contributed by atoms with Crippen LogP contribution in [0.2, 0.25) is 5.02 Å². The summed E-state index contributed by atoms with van der Waals surface area (Å²) in [5.41, 5.74) is 2.98. The van der Waals surface area contributed by atoms with Crippen LogP contribution < -0.4 is 4.90 Å². The number of hydrogen-bond acceptors (Lipinski definition) is 6. The smallest absolute Gasteiger partial charge is 0.336 e. The summed E-state index contributed by atoms with van der Waals surface area (Å²) in [6.45, 7) is 16.1. The number of piperidine rings is 1. The standard InChI is InChI=1S/C32H42ClN3O4/c1-21-9-8-10-25(33)24(21)19-39-32(28(29(37)38)40-30(3,4)5)12-11-26(35-20-32)23-18-34-22(2)17-27(23)36-15-13-31(6,7)14-16-36/h8-12,17-18,20,26,28H,13-16,19H2,1-7H3,(H,37,38)/t26?,28-,32?/m1/s1. The zero-order valence-electron chi connectivity index (χ0n) is 24.7. The highest BCUT2D eigenvalue weighted by Crippen LogP contribution is 2.39. The molecule has 8 heteroatoms. The van der Waals surface area contributed by atoms with Crippen LogP contribution in [0.25, 0.3) is 0 Å². The largest absolute Gasteiger partial charge is 0.479 e. The van der Waals surface area contributed by atoms with Crippen molar-refractivity contribution in [3.05, 3.63) is 70.0 Å². The molecule has 0 radical (unpaired) electrons. The third kappa shape index (κ3) is 6.93. The molecular weight excluding hydrogens is 526 g/mol. The van der Waals surface area contributed by atoms with Gasteiger partial charge in [-0.15, -0.1) is 0 Å². The number of rotatable bonds is 8. The summed E-state index contributed by atoms with van der Waals surface area (Å²) in [6.07, 6.45) is 8.07. The Balaban J connectivity index is 1.68. The van der Waals surface area contributed by atoms with Crippen molar-refractivity contribution in [2.45, 2.75) is 91.3 Å². The highest BCUT2D eigenvalue weighted by molar-refractivity contribution is 6.31. The molecule has 1 N–H and O–H groups in total. The lowest BCUT2D eigenvalue weighted by Crippen LogP contribution is -2.54. The first kappa shape index (κ1) is 30.2. The number of carboxylic acid groups (broad SMARTS) is 1. The van der Waals surface area contributed by atoms with Gasteiger partial charge >= 0.3 is 5.97 Å². The van der Waals surface area contributed by atoms with Gasteiger partial charge in [-0.3, -0.25) is 9.98 Å². The number of aromatic nitrogens is 1. The molecule has 0 amide bonds. The molecule has 0 spiro atoms. The van der Waals surface area contributed by atoms with E-state index in [1.165, 1.54) is 0 Å². The first-order valence-electron chi connectivity index (χ1n) is 13.9. The molecule has 4 rings (SSSR count). The van der Waals surface area contributed by atoms with Crippen LogP contribution in [-0.4, -0.2) is 52.7 Å². The lowest BCUT2D eigenvalue weighted by molar-refractivity contribution is -0.181. The molecular formula is C32H42ClN3O4. The summed E-state index contributed by atoms with van der Waals surface area (Å²) < 4.78 is 12.5. The molecule has 1 saturated heterocycles. The van der Waals surface area contributed by atoms with Gasteiger partial charge in [-0.2, -0.15) is 0 Å². The minimum atomic E-state index is -1.44. The molecule has 7 nitrogen and oxygen atoms in total. The monoisotopic (exact) mass is 567 g/mol. The van der Waals surface area contributed by atoms with Crippen LogP contribution in [0, 0.1) is 19.3 Å². The Morgan fingerprint density at radius 1 is 1.23 bits per heavy atom. The van der Waals surface area contributed by atoms with E-state index in [2.05, 4.69) is 29.8 Å². The van der Waals surface area contributed by atoms with E-state index in [0.29, 0.717) is 10.4 Å². The van der Waals surface area contributed by atoms with Crippen molar-refractivity contribution in [3.63, 3.8) is 0 Å². The number of hydrogen-bond donors (Lipinski definition) is 1. The van der Waals surface area contributed by atoms with E-state index >= 15 is 0 Å². The third-order valence-electron chi connectivity index (χ3n) is 7.73. The zero-order valence-corrected chi connectivity index (χ0v) is 25.5. The first-order valence-corrected chi connectivity index (χ1v) is 14.3. The van der Waals surface area contributed by atoms with Gasteiger partial charge in [0, 0.05) is 47.5 Å². The summed E-state index contributed by atoms with van der Waals surface area (Å²) in [5.74, 6) is -1.13. The maximum atomic E-state index is 12.6. The summed E-state index contributed by atoms with van der Waals surface area (Å²) in [7, 11) is 0. The number of aryl methyl sites for hydroxylation is 2. The van der Waals surface area contributed by atoms with Crippen LogP contribution in [-0.2, 0) is 20.9 Å². The van der Waals surface area contributed by atoms with Gasteiger partial charge in [0.05, 0.1) is 18.2 Å². The Labute approximate surface area is 243 Å². The second kappa shape index (κ2) is 11.6. The number of nitrogens with zero attached hydrogens (tertiary/aromatic N) is 3. The summed E-state index contributed by atoms with van der Waals surface area (Å²) >= 11 is 6.48. The lowest BCUT2D eigenvalue weighted by atomic mass is 9.82. The van der Waals surface area contributed by atoms with Gasteiger partial charge < -0.3 is 19.5 Å². The summed E-state index contributed by atoms with van der Waals surface area (Å²) in [6, 6.07) is 7.42. The Morgan fingerprint density at radius 3 is 2.50 bits per heavy atom. The first-order chi connectivity index (χ1) is 18.7. The van der Waals surface area contributed by atoms with Crippen LogP contribution in [0.5, 0.6) is 0 Å². The highest BCUT2D eigenvalue weighted by atomic mass is 35.5. The molecule has 1 fully saturated rings. The second-order valence-corrected chi connectivity index (χ2v) is 13.2. The lowest BCUT2D eigenvalue weighted by Gasteiger charge is -2.40. The SMILES string of the molecule is Cc1cc(N2CCC(C)(C)CC2)c(C2C=CC(OCc3c(C)cccc3Cl)([C@H](OC(C)(C)C)C(=O)O)C=N2)cn1. The molecule has 1 aromatic carbocycles. The fourth-order valence-electron chi connectivity index (χ4n) is 5.18. The topological polar surface area (TPSA) is 84.2 Å². The number of halogens is 1. The number of carboxylic acids is 1. The number of aliphatic imine (C=N–C) groups is 1. The van der Waals surface area contributed by atoms with Crippen LogP contribution in [0.1, 0.15) is 75.9 Å². The summed E-state index contributed by atoms with van der Waals surface area (Å²) in [5, 5.41) is 10.9. The average Bonchev–Trinajstić information content (AvgIpc) is 2.87. The van der Waals surface area contributed by atoms with E-state index in [1.54, 1.807) is 18.4 Å². The van der Waals surface area contributed by atoms with E-state index in [-0.39, 0.29) is 12.6 Å². The maximum absolute atomic E-state index is 12.6. The maximum Gasteiger partial charge on any atom is 0.336 e. The molecule has 40 heavy (non-hydrogen) atoms. The number of pyridine rings is 1. The van der Waals surface area contributed by atoms with E-state index in [9.17, 15) is 9.90 Å². The molecule has 216 valence electrons. The molecule has 2 aliphatic heterocycles. The number of anilines is 1. The van der Waals surface area contributed by atoms with Crippen molar-refractivity contribution in [2.75, 3.05) is 18.0 Å². The number of benzene rings is 1. The Hall–Kier alpha value is -2.74. The molecule has 2 aromatic rings. The van der Waals surface area contributed by atoms with Crippen molar-refractivity contribution in [1.29, 1.82) is 0 Å². The fraction of sp³-hybridized carbons (Fsp3) is 0.531. The molecule has 1 aromatic heterocycles. The minimum absolute atomic E-state index is 0.102. The van der Waals surface area contributed by atoms with E-state index < -0.39 is 23.3 Å². The fourth-order valence-corrected chi connectivity index (χ4v) is 5.45. The number of ether oxygens (including phenoxy) is 2. The van der Waals surface area contributed by atoms with Gasteiger partial charge in [0.2, 0.25) is 0 Å². The van der Waals surface area contributed by atoms with Crippen molar-refractivity contribution in [2.24, 2.45) is 10.4 Å².